The second-order valence-electron chi connectivity index (χ2n) is 8.43. The van der Waals surface area contributed by atoms with E-state index in [2.05, 4.69) is 10.3 Å². The zero-order valence-electron chi connectivity index (χ0n) is 23.0. The molecule has 39 heavy (non-hydrogen) atoms. The van der Waals surface area contributed by atoms with E-state index in [1.54, 1.807) is 39.1 Å². The van der Waals surface area contributed by atoms with Crippen molar-refractivity contribution in [2.45, 2.75) is 53.1 Å². The first-order chi connectivity index (χ1) is 18.5. The maximum atomic E-state index is 13.7. The van der Waals surface area contributed by atoms with Gasteiger partial charge in [-0.1, -0.05) is 38.1 Å². The number of alkyl halides is 3. The van der Waals surface area contributed by atoms with Gasteiger partial charge in [-0.2, -0.15) is 13.2 Å². The number of carbonyl (C=O) groups excluding carboxylic acids is 1. The van der Waals surface area contributed by atoms with Crippen LogP contribution in [0.4, 0.5) is 23.4 Å². The fourth-order valence-corrected chi connectivity index (χ4v) is 3.64. The van der Waals surface area contributed by atoms with Gasteiger partial charge in [0.25, 0.3) is 5.91 Å². The molecule has 1 amide bonds. The number of carboxylic acid groups (broad SMARTS) is 1. The Labute approximate surface area is 227 Å². The molecule has 0 radical (unpaired) electrons. The quantitative estimate of drug-likeness (QED) is 0.225. The van der Waals surface area contributed by atoms with Gasteiger partial charge in [0.2, 0.25) is 0 Å². The largest absolute Gasteiger partial charge is 0.481 e. The first kappa shape index (κ1) is 33.3. The summed E-state index contributed by atoms with van der Waals surface area (Å²) in [4.78, 5) is 28.6. The number of nitrogens with one attached hydrogen (secondary N) is 1. The van der Waals surface area contributed by atoms with Crippen LogP contribution in [0.15, 0.2) is 60.3 Å². The van der Waals surface area contributed by atoms with E-state index in [4.69, 9.17) is 5.11 Å². The van der Waals surface area contributed by atoms with Crippen LogP contribution in [0.25, 0.3) is 11.1 Å². The molecule has 1 unspecified atom stereocenters. The molecular formula is C29H37F4N3O3. The number of allylic oxidation sites excluding steroid dienone is 1. The summed E-state index contributed by atoms with van der Waals surface area (Å²) in [6, 6.07) is 5.77. The molecule has 0 spiro atoms. The van der Waals surface area contributed by atoms with Gasteiger partial charge in [0, 0.05) is 43.0 Å². The second kappa shape index (κ2) is 16.3. The van der Waals surface area contributed by atoms with Crippen molar-refractivity contribution in [3.05, 3.63) is 71.7 Å². The number of hydrogen-bond acceptors (Lipinski definition) is 4. The third-order valence-corrected chi connectivity index (χ3v) is 5.78. The van der Waals surface area contributed by atoms with E-state index in [9.17, 15) is 27.2 Å². The number of halogens is 4. The van der Waals surface area contributed by atoms with Crippen LogP contribution in [-0.4, -0.2) is 47.0 Å². The molecule has 3 rings (SSSR count). The normalized spacial score (nSPS) is 14.5. The number of aromatic nitrogens is 1. The second-order valence-corrected chi connectivity index (χ2v) is 8.43. The number of carboxylic acids is 1. The Bertz CT molecular complexity index is 1120. The summed E-state index contributed by atoms with van der Waals surface area (Å²) in [6.45, 7) is 9.00. The highest BCUT2D eigenvalue weighted by atomic mass is 19.4. The molecule has 6 nitrogen and oxygen atoms in total. The van der Waals surface area contributed by atoms with E-state index in [1.807, 2.05) is 18.7 Å². The molecule has 1 aromatic carbocycles. The third-order valence-electron chi connectivity index (χ3n) is 5.78. The maximum absolute atomic E-state index is 13.7. The molecule has 1 fully saturated rings. The van der Waals surface area contributed by atoms with E-state index in [0.29, 0.717) is 11.4 Å². The number of carbonyl (C=O) groups is 2. The van der Waals surface area contributed by atoms with E-state index >= 15 is 0 Å². The first-order valence-electron chi connectivity index (χ1n) is 12.9. The van der Waals surface area contributed by atoms with Gasteiger partial charge in [-0.15, -0.1) is 0 Å². The molecule has 1 aromatic heterocycles. The van der Waals surface area contributed by atoms with E-state index in [0.717, 1.165) is 44.1 Å². The van der Waals surface area contributed by atoms with E-state index in [-0.39, 0.29) is 11.5 Å². The molecule has 0 saturated carbocycles. The Balaban J connectivity index is 0.000000367. The van der Waals surface area contributed by atoms with Crippen molar-refractivity contribution in [3.8, 4) is 11.1 Å². The molecule has 214 valence electrons. The number of anilines is 1. The molecular weight excluding hydrogens is 514 g/mol. The third kappa shape index (κ3) is 10.2. The van der Waals surface area contributed by atoms with Gasteiger partial charge < -0.3 is 15.3 Å². The predicted octanol–water partition coefficient (Wildman–Crippen LogP) is 7.20. The maximum Gasteiger partial charge on any atom is 0.417 e. The highest BCUT2D eigenvalue weighted by Crippen LogP contribution is 2.38. The van der Waals surface area contributed by atoms with Gasteiger partial charge in [0.1, 0.15) is 11.6 Å². The van der Waals surface area contributed by atoms with Crippen molar-refractivity contribution in [1.82, 2.24) is 9.88 Å². The van der Waals surface area contributed by atoms with Crippen LogP contribution in [0.3, 0.4) is 0 Å². The molecule has 0 bridgehead atoms. The van der Waals surface area contributed by atoms with Gasteiger partial charge in [0.15, 0.2) is 0 Å². The Morgan fingerprint density at radius 3 is 2.23 bits per heavy atom. The molecule has 0 aliphatic carbocycles. The summed E-state index contributed by atoms with van der Waals surface area (Å²) < 4.78 is 52.3. The van der Waals surface area contributed by atoms with Crippen molar-refractivity contribution in [2.24, 2.45) is 5.92 Å². The Morgan fingerprint density at radius 2 is 1.74 bits per heavy atom. The number of benzene rings is 1. The van der Waals surface area contributed by atoms with Crippen LogP contribution in [0.1, 0.15) is 52.5 Å². The molecule has 10 heteroatoms. The minimum Gasteiger partial charge on any atom is -0.481 e. The predicted molar refractivity (Wildman–Crippen MR) is 146 cm³/mol. The number of hydrogen-bond donors (Lipinski definition) is 2. The number of pyridine rings is 1. The van der Waals surface area contributed by atoms with Crippen molar-refractivity contribution < 1.29 is 32.3 Å². The zero-order valence-corrected chi connectivity index (χ0v) is 23.0. The molecule has 2 heterocycles. The molecule has 2 N–H and O–H groups in total. The number of likely N-dealkylation sites (tertiary alicyclic amines) is 1. The van der Waals surface area contributed by atoms with Crippen LogP contribution >= 0.6 is 0 Å². The van der Waals surface area contributed by atoms with Crippen LogP contribution in [0.5, 0.6) is 0 Å². The SMILES string of the molecule is C/C=C(\C=C/C(C)C(=O)O)C(=O)N1CCCCC1.CC.CNc1ccc(-c2c(F)cccc2C(F)(F)F)cn1. The van der Waals surface area contributed by atoms with Crippen LogP contribution in [0.2, 0.25) is 0 Å². The molecule has 1 aliphatic heterocycles. The molecule has 1 aliphatic rings. The topological polar surface area (TPSA) is 82.5 Å². The van der Waals surface area contributed by atoms with E-state index < -0.39 is 35.0 Å². The summed E-state index contributed by atoms with van der Waals surface area (Å²) in [7, 11) is 1.63. The standard InChI is InChI=1S/C14H21NO3.C13H10F4N2.C2H6/c1-3-12(8-7-11(2)14(17)18)13(16)15-9-5-4-6-10-15;1-18-11-6-5-8(7-19-11)12-9(13(15,16)17)3-2-4-10(12)14;1-2/h3,7-8,11H,4-6,9-10H2,1-2H3,(H,17,18);2-7H,1H3,(H,18,19);1-2H3/b8-7-,12-3+;;. The molecule has 1 atom stereocenters. The van der Waals surface area contributed by atoms with Crippen molar-refractivity contribution in [2.75, 3.05) is 25.5 Å². The lowest BCUT2D eigenvalue weighted by molar-refractivity contribution is -0.139. The van der Waals surface area contributed by atoms with Gasteiger partial charge >= 0.3 is 12.1 Å². The Morgan fingerprint density at radius 1 is 1.10 bits per heavy atom. The average molecular weight is 552 g/mol. The van der Waals surface area contributed by atoms with Crippen LogP contribution < -0.4 is 5.32 Å². The summed E-state index contributed by atoms with van der Waals surface area (Å²) in [5, 5.41) is 11.5. The van der Waals surface area contributed by atoms with Gasteiger partial charge in [-0.25, -0.2) is 9.37 Å². The number of nitrogens with zero attached hydrogens (tertiary/aromatic N) is 2. The molecule has 1 saturated heterocycles. The zero-order chi connectivity index (χ0) is 29.6. The number of amides is 1. The van der Waals surface area contributed by atoms with Crippen LogP contribution in [0, 0.1) is 11.7 Å². The van der Waals surface area contributed by atoms with Gasteiger partial charge in [-0.3, -0.25) is 9.59 Å². The lowest BCUT2D eigenvalue weighted by Crippen LogP contribution is -2.36. The summed E-state index contributed by atoms with van der Waals surface area (Å²) in [5.41, 5.74) is -0.828. The van der Waals surface area contributed by atoms with E-state index in [1.165, 1.54) is 24.8 Å². The minimum absolute atomic E-state index is 0.00559. The molecule has 2 aromatic rings. The average Bonchev–Trinajstić information content (AvgIpc) is 2.94. The van der Waals surface area contributed by atoms with Crippen molar-refractivity contribution in [3.63, 3.8) is 0 Å². The minimum atomic E-state index is -4.61. The lowest BCUT2D eigenvalue weighted by atomic mass is 10.00. The van der Waals surface area contributed by atoms with Gasteiger partial charge in [0.05, 0.1) is 11.5 Å². The monoisotopic (exact) mass is 551 g/mol. The highest BCUT2D eigenvalue weighted by Gasteiger charge is 2.35. The Hall–Kier alpha value is -3.69. The highest BCUT2D eigenvalue weighted by molar-refractivity contribution is 5.96. The van der Waals surface area contributed by atoms with Crippen molar-refractivity contribution >= 4 is 17.7 Å². The van der Waals surface area contributed by atoms with Crippen molar-refractivity contribution in [1.29, 1.82) is 0 Å². The Kier molecular flexibility index (Phi) is 13.9. The van der Waals surface area contributed by atoms with Crippen LogP contribution in [-0.2, 0) is 15.8 Å². The number of rotatable bonds is 6. The number of aliphatic carboxylic acids is 1. The fraction of sp³-hybridized carbons (Fsp3) is 0.414. The smallest absolute Gasteiger partial charge is 0.417 e. The first-order valence-corrected chi connectivity index (χ1v) is 12.9. The number of piperidine rings is 1. The summed E-state index contributed by atoms with van der Waals surface area (Å²) in [6.07, 6.45) is 4.80. The lowest BCUT2D eigenvalue weighted by Gasteiger charge is -2.27. The fourth-order valence-electron chi connectivity index (χ4n) is 3.64. The van der Waals surface area contributed by atoms with Gasteiger partial charge in [-0.05, 0) is 57.4 Å². The summed E-state index contributed by atoms with van der Waals surface area (Å²) >= 11 is 0. The summed E-state index contributed by atoms with van der Waals surface area (Å²) in [5.74, 6) is -1.88.